The fourth-order valence-electron chi connectivity index (χ4n) is 2.88. The van der Waals surface area contributed by atoms with E-state index in [9.17, 15) is 23.1 Å². The average molecular weight is 363 g/mol. The molecular weight excluding hydrogens is 347 g/mol. The van der Waals surface area contributed by atoms with Crippen LogP contribution in [0.25, 0.3) is 16.6 Å². The fraction of sp³-hybridized carbons (Fsp3) is 0.211. The van der Waals surface area contributed by atoms with Gasteiger partial charge in [-0.3, -0.25) is 0 Å². The highest BCUT2D eigenvalue weighted by molar-refractivity contribution is 5.93. The molecule has 3 aromatic rings. The van der Waals surface area contributed by atoms with E-state index in [-0.39, 0.29) is 12.0 Å². The third kappa shape index (κ3) is 2.74. The second-order valence-electron chi connectivity index (χ2n) is 5.69. The van der Waals surface area contributed by atoms with Gasteiger partial charge in [-0.05, 0) is 25.1 Å². The summed E-state index contributed by atoms with van der Waals surface area (Å²) in [6, 6.07) is 15.0. The minimum absolute atomic E-state index is 0.115. The number of benzene rings is 2. The number of hydrogen-bond acceptors (Lipinski definition) is 3. The summed E-state index contributed by atoms with van der Waals surface area (Å²) in [7, 11) is 0. The number of hydrogen-bond donors (Lipinski definition) is 1. The predicted octanol–water partition coefficient (Wildman–Crippen LogP) is 3.94. The second kappa shape index (κ2) is 6.49. The first-order valence-electron chi connectivity index (χ1n) is 7.93. The van der Waals surface area contributed by atoms with Crippen molar-refractivity contribution in [1.82, 2.24) is 4.57 Å². The fourth-order valence-corrected chi connectivity index (χ4v) is 2.88. The summed E-state index contributed by atoms with van der Waals surface area (Å²) >= 11 is 0. The van der Waals surface area contributed by atoms with Gasteiger partial charge in [0.1, 0.15) is 0 Å². The SMILES string of the molecule is CCOC(=O)C(O)(c1cn(-c2ccccc2)c2ccccc12)C(F)(F)F. The maximum Gasteiger partial charge on any atom is 0.432 e. The number of halogens is 3. The van der Waals surface area contributed by atoms with Crippen LogP contribution in [0.2, 0.25) is 0 Å². The molecule has 0 amide bonds. The number of nitrogens with zero attached hydrogens (tertiary/aromatic N) is 1. The lowest BCUT2D eigenvalue weighted by Gasteiger charge is -2.27. The van der Waals surface area contributed by atoms with Crippen LogP contribution in [-0.4, -0.2) is 28.4 Å². The number of ether oxygens (including phenoxy) is 1. The molecule has 0 aliphatic rings. The summed E-state index contributed by atoms with van der Waals surface area (Å²) in [5.41, 5.74) is -3.30. The third-order valence-electron chi connectivity index (χ3n) is 4.12. The summed E-state index contributed by atoms with van der Waals surface area (Å²) in [4.78, 5) is 12.1. The summed E-state index contributed by atoms with van der Waals surface area (Å²) < 4.78 is 47.3. The van der Waals surface area contributed by atoms with Gasteiger partial charge >= 0.3 is 12.1 Å². The number of rotatable bonds is 4. The minimum Gasteiger partial charge on any atom is -0.463 e. The van der Waals surface area contributed by atoms with Gasteiger partial charge < -0.3 is 14.4 Å². The summed E-state index contributed by atoms with van der Waals surface area (Å²) in [6.45, 7) is 1.09. The largest absolute Gasteiger partial charge is 0.463 e. The molecule has 0 aliphatic carbocycles. The highest BCUT2D eigenvalue weighted by Crippen LogP contribution is 2.44. The van der Waals surface area contributed by atoms with E-state index in [1.165, 1.54) is 17.6 Å². The number of alkyl halides is 3. The summed E-state index contributed by atoms with van der Waals surface area (Å²) in [5, 5.41) is 10.6. The zero-order chi connectivity index (χ0) is 18.9. The Bertz CT molecular complexity index is 934. The Morgan fingerprint density at radius 2 is 1.69 bits per heavy atom. The molecule has 0 saturated heterocycles. The van der Waals surface area contributed by atoms with Gasteiger partial charge in [-0.1, -0.05) is 36.4 Å². The monoisotopic (exact) mass is 363 g/mol. The van der Waals surface area contributed by atoms with Crippen molar-refractivity contribution in [3.8, 4) is 5.69 Å². The van der Waals surface area contributed by atoms with Crippen molar-refractivity contribution >= 4 is 16.9 Å². The normalized spacial score (nSPS) is 14.2. The standard InChI is InChI=1S/C19H16F3NO3/c1-2-26-17(24)18(25,19(20,21)22)15-12-23(13-8-4-3-5-9-13)16-11-7-6-10-14(15)16/h3-12,25H,2H2,1H3. The quantitative estimate of drug-likeness (QED) is 0.715. The van der Waals surface area contributed by atoms with Gasteiger partial charge in [-0.15, -0.1) is 0 Å². The second-order valence-corrected chi connectivity index (χ2v) is 5.69. The van der Waals surface area contributed by atoms with Crippen molar-refractivity contribution < 1.29 is 27.8 Å². The van der Waals surface area contributed by atoms with E-state index in [2.05, 4.69) is 4.74 Å². The van der Waals surface area contributed by atoms with Gasteiger partial charge in [0.05, 0.1) is 12.1 Å². The third-order valence-corrected chi connectivity index (χ3v) is 4.12. The van der Waals surface area contributed by atoms with Crippen LogP contribution in [-0.2, 0) is 15.1 Å². The Labute approximate surface area is 147 Å². The van der Waals surface area contributed by atoms with E-state index in [4.69, 9.17) is 0 Å². The molecule has 1 N–H and O–H groups in total. The topological polar surface area (TPSA) is 51.5 Å². The molecule has 0 aliphatic heterocycles. The summed E-state index contributed by atoms with van der Waals surface area (Å²) in [6.07, 6.45) is -4.12. The first kappa shape index (κ1) is 18.0. The van der Waals surface area contributed by atoms with Crippen LogP contribution in [0.3, 0.4) is 0 Å². The van der Waals surface area contributed by atoms with Crippen LogP contribution in [0, 0.1) is 0 Å². The van der Waals surface area contributed by atoms with Gasteiger partial charge in [-0.2, -0.15) is 13.2 Å². The molecule has 26 heavy (non-hydrogen) atoms. The average Bonchev–Trinajstić information content (AvgIpc) is 3.01. The van der Waals surface area contributed by atoms with E-state index in [0.717, 1.165) is 6.20 Å². The Morgan fingerprint density at radius 1 is 1.08 bits per heavy atom. The molecule has 1 atom stereocenters. The predicted molar refractivity (Wildman–Crippen MR) is 89.9 cm³/mol. The highest BCUT2D eigenvalue weighted by Gasteiger charge is 2.63. The Kier molecular flexibility index (Phi) is 4.50. The first-order valence-corrected chi connectivity index (χ1v) is 7.93. The molecule has 1 heterocycles. The van der Waals surface area contributed by atoms with E-state index in [0.29, 0.717) is 11.2 Å². The van der Waals surface area contributed by atoms with Crippen LogP contribution in [0.4, 0.5) is 13.2 Å². The molecule has 2 aromatic carbocycles. The maximum atomic E-state index is 13.7. The summed E-state index contributed by atoms with van der Waals surface area (Å²) in [5.74, 6) is -1.75. The van der Waals surface area contributed by atoms with Crippen molar-refractivity contribution in [1.29, 1.82) is 0 Å². The lowest BCUT2D eigenvalue weighted by Crippen LogP contribution is -2.50. The number of aliphatic hydroxyl groups is 1. The van der Waals surface area contributed by atoms with Crippen molar-refractivity contribution in [2.45, 2.75) is 18.7 Å². The molecule has 0 bridgehead atoms. The van der Waals surface area contributed by atoms with Crippen LogP contribution < -0.4 is 0 Å². The van der Waals surface area contributed by atoms with Crippen molar-refractivity contribution in [2.24, 2.45) is 0 Å². The van der Waals surface area contributed by atoms with Gasteiger partial charge in [0.2, 0.25) is 0 Å². The molecule has 7 heteroatoms. The van der Waals surface area contributed by atoms with E-state index >= 15 is 0 Å². The van der Waals surface area contributed by atoms with E-state index < -0.39 is 23.3 Å². The lowest BCUT2D eigenvalue weighted by molar-refractivity contribution is -0.267. The number of para-hydroxylation sites is 2. The number of aromatic nitrogens is 1. The molecule has 3 rings (SSSR count). The van der Waals surface area contributed by atoms with E-state index in [1.54, 1.807) is 48.5 Å². The molecule has 136 valence electrons. The lowest BCUT2D eigenvalue weighted by atomic mass is 9.92. The van der Waals surface area contributed by atoms with E-state index in [1.807, 2.05) is 0 Å². The molecule has 0 fully saturated rings. The van der Waals surface area contributed by atoms with Crippen molar-refractivity contribution in [3.63, 3.8) is 0 Å². The molecule has 4 nitrogen and oxygen atoms in total. The molecule has 0 saturated carbocycles. The van der Waals surface area contributed by atoms with Crippen molar-refractivity contribution in [2.75, 3.05) is 6.61 Å². The van der Waals surface area contributed by atoms with Crippen LogP contribution >= 0.6 is 0 Å². The van der Waals surface area contributed by atoms with Crippen molar-refractivity contribution in [3.05, 3.63) is 66.4 Å². The first-order chi connectivity index (χ1) is 12.3. The highest BCUT2D eigenvalue weighted by atomic mass is 19.4. The Hall–Kier alpha value is -2.80. The smallest absolute Gasteiger partial charge is 0.432 e. The van der Waals surface area contributed by atoms with Crippen LogP contribution in [0.1, 0.15) is 12.5 Å². The maximum absolute atomic E-state index is 13.7. The zero-order valence-corrected chi connectivity index (χ0v) is 13.8. The molecule has 1 unspecified atom stereocenters. The van der Waals surface area contributed by atoms with Gasteiger partial charge in [0.15, 0.2) is 0 Å². The van der Waals surface area contributed by atoms with Gasteiger partial charge in [0.25, 0.3) is 5.60 Å². The molecule has 0 spiro atoms. The molecule has 0 radical (unpaired) electrons. The number of esters is 1. The number of fused-ring (bicyclic) bond motifs is 1. The number of carbonyl (C=O) groups excluding carboxylic acids is 1. The number of carbonyl (C=O) groups is 1. The van der Waals surface area contributed by atoms with Crippen LogP contribution in [0.5, 0.6) is 0 Å². The van der Waals surface area contributed by atoms with Crippen LogP contribution in [0.15, 0.2) is 60.8 Å². The molecular formula is C19H16F3NO3. The van der Waals surface area contributed by atoms with Gasteiger partial charge in [-0.25, -0.2) is 4.79 Å². The minimum atomic E-state index is -5.25. The molecule has 1 aromatic heterocycles. The zero-order valence-electron chi connectivity index (χ0n) is 13.8. The Balaban J connectivity index is 2.32. The Morgan fingerprint density at radius 3 is 2.31 bits per heavy atom. The van der Waals surface area contributed by atoms with Gasteiger partial charge in [0, 0.05) is 22.8 Å².